The summed E-state index contributed by atoms with van der Waals surface area (Å²) in [5.74, 6) is -0.112. The highest BCUT2D eigenvalue weighted by atomic mass is 35.5. The fourth-order valence-corrected chi connectivity index (χ4v) is 2.66. The number of anilines is 1. The molecule has 0 spiro atoms. The minimum atomic E-state index is -0.414. The van der Waals surface area contributed by atoms with Gasteiger partial charge in [-0.3, -0.25) is 4.79 Å². The van der Waals surface area contributed by atoms with Crippen molar-refractivity contribution in [1.82, 2.24) is 10.3 Å². The third-order valence-electron chi connectivity index (χ3n) is 3.05. The molecule has 0 bridgehead atoms. The first-order chi connectivity index (χ1) is 9.83. The van der Waals surface area contributed by atoms with Gasteiger partial charge in [-0.1, -0.05) is 0 Å². The van der Waals surface area contributed by atoms with Crippen molar-refractivity contribution >= 4 is 35.3 Å². The van der Waals surface area contributed by atoms with Crippen molar-refractivity contribution in [3.8, 4) is 10.6 Å². The number of halogens is 1. The second-order valence-electron chi connectivity index (χ2n) is 4.47. The highest BCUT2D eigenvalue weighted by molar-refractivity contribution is 7.13. The molecule has 2 aromatic rings. The Kier molecular flexibility index (Phi) is 5.69. The number of rotatable bonds is 3. The van der Waals surface area contributed by atoms with Crippen LogP contribution in [0.5, 0.6) is 0 Å². The van der Waals surface area contributed by atoms with Crippen molar-refractivity contribution in [2.75, 3.05) is 25.0 Å². The van der Waals surface area contributed by atoms with E-state index < -0.39 is 6.10 Å². The van der Waals surface area contributed by atoms with E-state index in [1.165, 1.54) is 0 Å². The molecule has 7 heteroatoms. The maximum atomic E-state index is 12.0. The van der Waals surface area contributed by atoms with Gasteiger partial charge in [0.15, 0.2) is 0 Å². The van der Waals surface area contributed by atoms with E-state index in [-0.39, 0.29) is 18.3 Å². The summed E-state index contributed by atoms with van der Waals surface area (Å²) in [7, 11) is 0. The third-order valence-corrected chi connectivity index (χ3v) is 3.87. The van der Waals surface area contributed by atoms with Crippen molar-refractivity contribution in [2.45, 2.75) is 6.10 Å². The number of thiazole rings is 1. The second kappa shape index (κ2) is 7.51. The van der Waals surface area contributed by atoms with Crippen molar-refractivity contribution in [3.05, 3.63) is 35.8 Å². The van der Waals surface area contributed by atoms with Gasteiger partial charge in [-0.15, -0.1) is 23.7 Å². The van der Waals surface area contributed by atoms with Crippen LogP contribution in [-0.4, -0.2) is 36.7 Å². The molecule has 112 valence electrons. The highest BCUT2D eigenvalue weighted by Crippen LogP contribution is 2.23. The smallest absolute Gasteiger partial charge is 0.254 e. The number of ether oxygens (including phenoxy) is 1. The lowest BCUT2D eigenvalue weighted by Gasteiger charge is -2.22. The zero-order chi connectivity index (χ0) is 13.8. The van der Waals surface area contributed by atoms with E-state index in [1.807, 2.05) is 29.6 Å². The van der Waals surface area contributed by atoms with Crippen LogP contribution in [0.3, 0.4) is 0 Å². The zero-order valence-electron chi connectivity index (χ0n) is 11.2. The standard InChI is InChI=1S/C14H15N3O2S.ClH/c18-13(12-9-15-5-7-19-12)17-11-3-1-10(2-4-11)14-16-6-8-20-14;/h1-4,6,8,12,15H,5,7,9H2,(H,17,18);1H. The van der Waals surface area contributed by atoms with E-state index in [0.717, 1.165) is 22.8 Å². The number of carbonyl (C=O) groups excluding carboxylic acids is 1. The van der Waals surface area contributed by atoms with Crippen LogP contribution < -0.4 is 10.6 Å². The number of hydrogen-bond donors (Lipinski definition) is 2. The van der Waals surface area contributed by atoms with Gasteiger partial charge < -0.3 is 15.4 Å². The Morgan fingerprint density at radius 1 is 1.38 bits per heavy atom. The Hall–Kier alpha value is -1.47. The van der Waals surface area contributed by atoms with Gasteiger partial charge in [-0.2, -0.15) is 0 Å². The number of aromatic nitrogens is 1. The SMILES string of the molecule is Cl.O=C(Nc1ccc(-c2nccs2)cc1)C1CNCCO1. The van der Waals surface area contributed by atoms with Crippen LogP contribution in [0.4, 0.5) is 5.69 Å². The summed E-state index contributed by atoms with van der Waals surface area (Å²) >= 11 is 1.59. The Morgan fingerprint density at radius 2 is 2.19 bits per heavy atom. The first-order valence-corrected chi connectivity index (χ1v) is 7.34. The lowest BCUT2D eigenvalue weighted by molar-refractivity contribution is -0.128. The molecule has 0 radical (unpaired) electrons. The molecule has 0 aliphatic carbocycles. The number of carbonyl (C=O) groups is 1. The molecule has 1 aliphatic heterocycles. The number of hydrogen-bond acceptors (Lipinski definition) is 5. The summed E-state index contributed by atoms with van der Waals surface area (Å²) in [5.41, 5.74) is 1.82. The molecule has 1 aromatic heterocycles. The van der Waals surface area contributed by atoms with Crippen molar-refractivity contribution in [3.63, 3.8) is 0 Å². The Bertz CT molecular complexity index is 568. The molecule has 1 atom stereocenters. The molecule has 1 aliphatic rings. The molecule has 1 fully saturated rings. The number of nitrogens with zero attached hydrogens (tertiary/aromatic N) is 1. The molecule has 1 amide bonds. The lowest BCUT2D eigenvalue weighted by atomic mass is 10.2. The largest absolute Gasteiger partial charge is 0.366 e. The van der Waals surface area contributed by atoms with Crippen LogP contribution in [0, 0.1) is 0 Å². The summed E-state index contributed by atoms with van der Waals surface area (Å²) in [6.45, 7) is 1.93. The summed E-state index contributed by atoms with van der Waals surface area (Å²) < 4.78 is 5.41. The van der Waals surface area contributed by atoms with Gasteiger partial charge >= 0.3 is 0 Å². The highest BCUT2D eigenvalue weighted by Gasteiger charge is 2.21. The van der Waals surface area contributed by atoms with Crippen molar-refractivity contribution in [1.29, 1.82) is 0 Å². The van der Waals surface area contributed by atoms with Crippen LogP contribution in [-0.2, 0) is 9.53 Å². The van der Waals surface area contributed by atoms with Crippen LogP contribution in [0.2, 0.25) is 0 Å². The van der Waals surface area contributed by atoms with Gasteiger partial charge in [0.25, 0.3) is 5.91 Å². The molecule has 2 N–H and O–H groups in total. The van der Waals surface area contributed by atoms with Crippen LogP contribution in [0.25, 0.3) is 10.6 Å². The Balaban J connectivity index is 0.00000161. The molecular formula is C14H16ClN3O2S. The zero-order valence-corrected chi connectivity index (χ0v) is 12.9. The lowest BCUT2D eigenvalue weighted by Crippen LogP contribution is -2.45. The quantitative estimate of drug-likeness (QED) is 0.907. The summed E-state index contributed by atoms with van der Waals surface area (Å²) in [5, 5.41) is 8.92. The number of amides is 1. The van der Waals surface area contributed by atoms with E-state index >= 15 is 0 Å². The minimum Gasteiger partial charge on any atom is -0.366 e. The van der Waals surface area contributed by atoms with Crippen molar-refractivity contribution < 1.29 is 9.53 Å². The van der Waals surface area contributed by atoms with E-state index in [9.17, 15) is 4.79 Å². The first kappa shape index (κ1) is 15.9. The number of nitrogens with one attached hydrogen (secondary N) is 2. The molecule has 1 aromatic carbocycles. The fraction of sp³-hybridized carbons (Fsp3) is 0.286. The van der Waals surface area contributed by atoms with Crippen LogP contribution >= 0.6 is 23.7 Å². The minimum absolute atomic E-state index is 0. The maximum absolute atomic E-state index is 12.0. The van der Waals surface area contributed by atoms with Crippen molar-refractivity contribution in [2.24, 2.45) is 0 Å². The maximum Gasteiger partial charge on any atom is 0.254 e. The number of morpholine rings is 1. The summed E-state index contributed by atoms with van der Waals surface area (Å²) in [6.07, 6.45) is 1.37. The molecule has 3 rings (SSSR count). The average molecular weight is 326 g/mol. The molecular weight excluding hydrogens is 310 g/mol. The average Bonchev–Trinajstić information content (AvgIpc) is 3.03. The molecule has 0 saturated carbocycles. The van der Waals surface area contributed by atoms with Gasteiger partial charge in [0.05, 0.1) is 6.61 Å². The van der Waals surface area contributed by atoms with E-state index in [4.69, 9.17) is 4.74 Å². The number of benzene rings is 1. The molecule has 1 unspecified atom stereocenters. The normalized spacial score (nSPS) is 17.8. The van der Waals surface area contributed by atoms with Gasteiger partial charge in [-0.25, -0.2) is 4.98 Å². The predicted molar refractivity (Wildman–Crippen MR) is 86.0 cm³/mol. The van der Waals surface area contributed by atoms with E-state index in [0.29, 0.717) is 13.2 Å². The summed E-state index contributed by atoms with van der Waals surface area (Å²) in [4.78, 5) is 16.2. The first-order valence-electron chi connectivity index (χ1n) is 6.46. The van der Waals surface area contributed by atoms with Gasteiger partial charge in [0.2, 0.25) is 0 Å². The van der Waals surface area contributed by atoms with Gasteiger partial charge in [0, 0.05) is 35.9 Å². The second-order valence-corrected chi connectivity index (χ2v) is 5.36. The Labute approximate surface area is 133 Å². The van der Waals surface area contributed by atoms with Gasteiger partial charge in [-0.05, 0) is 24.3 Å². The van der Waals surface area contributed by atoms with E-state index in [1.54, 1.807) is 17.5 Å². The van der Waals surface area contributed by atoms with E-state index in [2.05, 4.69) is 15.6 Å². The fourth-order valence-electron chi connectivity index (χ4n) is 2.02. The molecule has 5 nitrogen and oxygen atoms in total. The topological polar surface area (TPSA) is 63.2 Å². The Morgan fingerprint density at radius 3 is 2.81 bits per heavy atom. The predicted octanol–water partition coefficient (Wildman–Crippen LogP) is 2.16. The monoisotopic (exact) mass is 325 g/mol. The molecule has 1 saturated heterocycles. The van der Waals surface area contributed by atoms with Crippen LogP contribution in [0.1, 0.15) is 0 Å². The molecule has 21 heavy (non-hydrogen) atoms. The van der Waals surface area contributed by atoms with Gasteiger partial charge in [0.1, 0.15) is 11.1 Å². The molecule has 2 heterocycles. The van der Waals surface area contributed by atoms with Crippen LogP contribution in [0.15, 0.2) is 35.8 Å². The third kappa shape index (κ3) is 4.01. The summed E-state index contributed by atoms with van der Waals surface area (Å²) in [6, 6.07) is 7.67.